The standard InChI is InChI=1S/C22H23N3O2S/c1-17-9-13-28-21(17)22-24-19(15-27-22)14-26-20-7-5-18(6-8-20)4-2-3-11-25-12-10-23-16-25/h5-10,12-13,15-16H,2-4,11,14H2,1H3. The molecule has 0 radical (unpaired) electrons. The van der Waals surface area contributed by atoms with Gasteiger partial charge in [0.25, 0.3) is 0 Å². The van der Waals surface area contributed by atoms with Crippen molar-refractivity contribution in [2.24, 2.45) is 0 Å². The second kappa shape index (κ2) is 8.89. The molecule has 0 fully saturated rings. The van der Waals surface area contributed by atoms with E-state index in [1.54, 1.807) is 17.6 Å². The smallest absolute Gasteiger partial charge is 0.236 e. The second-order valence-corrected chi connectivity index (χ2v) is 7.68. The Hall–Kier alpha value is -2.86. The number of nitrogens with zero attached hydrogens (tertiary/aromatic N) is 3. The second-order valence-electron chi connectivity index (χ2n) is 6.77. The predicted octanol–water partition coefficient (Wildman–Crippen LogP) is 5.51. The van der Waals surface area contributed by atoms with Gasteiger partial charge in [-0.15, -0.1) is 11.3 Å². The third-order valence-electron chi connectivity index (χ3n) is 4.61. The van der Waals surface area contributed by atoms with E-state index >= 15 is 0 Å². The van der Waals surface area contributed by atoms with Crippen LogP contribution < -0.4 is 4.74 Å². The van der Waals surface area contributed by atoms with Gasteiger partial charge in [0.05, 0.1) is 11.2 Å². The van der Waals surface area contributed by atoms with Crippen LogP contribution in [0, 0.1) is 6.92 Å². The number of unbranched alkanes of at least 4 members (excludes halogenated alkanes) is 1. The molecule has 0 saturated heterocycles. The number of benzene rings is 1. The van der Waals surface area contributed by atoms with Crippen molar-refractivity contribution >= 4 is 11.3 Å². The summed E-state index contributed by atoms with van der Waals surface area (Å²) in [6.45, 7) is 3.48. The first kappa shape index (κ1) is 18.5. The van der Waals surface area contributed by atoms with Crippen LogP contribution in [0.25, 0.3) is 10.8 Å². The lowest BCUT2D eigenvalue weighted by atomic mass is 10.1. The summed E-state index contributed by atoms with van der Waals surface area (Å²) in [6, 6.07) is 10.4. The van der Waals surface area contributed by atoms with Crippen LogP contribution in [-0.4, -0.2) is 14.5 Å². The lowest BCUT2D eigenvalue weighted by molar-refractivity contribution is 0.301. The summed E-state index contributed by atoms with van der Waals surface area (Å²) in [5.74, 6) is 1.51. The van der Waals surface area contributed by atoms with Gasteiger partial charge in [-0.2, -0.15) is 0 Å². The Bertz CT molecular complexity index is 987. The van der Waals surface area contributed by atoms with E-state index < -0.39 is 0 Å². The van der Waals surface area contributed by atoms with Crippen molar-refractivity contribution in [3.63, 3.8) is 0 Å². The fourth-order valence-corrected chi connectivity index (χ4v) is 3.88. The van der Waals surface area contributed by atoms with Crippen LogP contribution in [0.15, 0.2) is 65.1 Å². The zero-order chi connectivity index (χ0) is 19.2. The van der Waals surface area contributed by atoms with Crippen molar-refractivity contribution in [3.05, 3.63) is 77.5 Å². The highest BCUT2D eigenvalue weighted by Crippen LogP contribution is 2.28. The first-order chi connectivity index (χ1) is 13.8. The average molecular weight is 394 g/mol. The van der Waals surface area contributed by atoms with Gasteiger partial charge in [0.15, 0.2) is 0 Å². The summed E-state index contributed by atoms with van der Waals surface area (Å²) in [7, 11) is 0. The molecular formula is C22H23N3O2S. The van der Waals surface area contributed by atoms with Crippen molar-refractivity contribution in [2.45, 2.75) is 39.3 Å². The summed E-state index contributed by atoms with van der Waals surface area (Å²) < 4.78 is 13.6. The molecule has 0 atom stereocenters. The van der Waals surface area contributed by atoms with Gasteiger partial charge in [0, 0.05) is 18.9 Å². The highest BCUT2D eigenvalue weighted by atomic mass is 32.1. The van der Waals surface area contributed by atoms with E-state index in [9.17, 15) is 0 Å². The number of rotatable bonds is 9. The van der Waals surface area contributed by atoms with Crippen molar-refractivity contribution in [1.82, 2.24) is 14.5 Å². The van der Waals surface area contributed by atoms with Gasteiger partial charge in [-0.1, -0.05) is 12.1 Å². The van der Waals surface area contributed by atoms with Gasteiger partial charge < -0.3 is 13.7 Å². The van der Waals surface area contributed by atoms with E-state index in [1.807, 2.05) is 36.2 Å². The number of oxazole rings is 1. The summed E-state index contributed by atoms with van der Waals surface area (Å²) in [5.41, 5.74) is 3.31. The van der Waals surface area contributed by atoms with E-state index in [0.717, 1.165) is 42.1 Å². The predicted molar refractivity (Wildman–Crippen MR) is 110 cm³/mol. The van der Waals surface area contributed by atoms with Crippen LogP contribution in [0.4, 0.5) is 0 Å². The summed E-state index contributed by atoms with van der Waals surface area (Å²) >= 11 is 1.64. The van der Waals surface area contributed by atoms with Crippen molar-refractivity contribution in [3.8, 4) is 16.5 Å². The summed E-state index contributed by atoms with van der Waals surface area (Å²) in [5, 5.41) is 2.05. The lowest BCUT2D eigenvalue weighted by Crippen LogP contribution is -1.97. The summed E-state index contributed by atoms with van der Waals surface area (Å²) in [4.78, 5) is 9.67. The van der Waals surface area contributed by atoms with Crippen LogP contribution in [0.3, 0.4) is 0 Å². The third-order valence-corrected chi connectivity index (χ3v) is 5.61. The number of hydrogen-bond donors (Lipinski definition) is 0. The third kappa shape index (κ3) is 4.70. The fraction of sp³-hybridized carbons (Fsp3) is 0.273. The van der Waals surface area contributed by atoms with Crippen LogP contribution in [0.5, 0.6) is 5.75 Å². The van der Waals surface area contributed by atoms with Crippen LogP contribution in [0.2, 0.25) is 0 Å². The van der Waals surface area contributed by atoms with Crippen molar-refractivity contribution in [2.75, 3.05) is 0 Å². The molecule has 3 aromatic heterocycles. The minimum Gasteiger partial charge on any atom is -0.487 e. The van der Waals surface area contributed by atoms with E-state index in [0.29, 0.717) is 12.5 Å². The fourth-order valence-electron chi connectivity index (χ4n) is 3.02. The summed E-state index contributed by atoms with van der Waals surface area (Å²) in [6.07, 6.45) is 10.7. The molecule has 0 saturated carbocycles. The molecule has 6 heteroatoms. The Morgan fingerprint density at radius 2 is 2.04 bits per heavy atom. The minimum atomic E-state index is 0.401. The molecule has 0 unspecified atom stereocenters. The number of hydrogen-bond acceptors (Lipinski definition) is 5. The quantitative estimate of drug-likeness (QED) is 0.352. The van der Waals surface area contributed by atoms with Gasteiger partial charge >= 0.3 is 0 Å². The molecule has 4 rings (SSSR count). The van der Waals surface area contributed by atoms with Gasteiger partial charge in [0.2, 0.25) is 5.89 Å². The zero-order valence-electron chi connectivity index (χ0n) is 15.9. The molecule has 0 aliphatic rings. The molecule has 0 aliphatic carbocycles. The maximum absolute atomic E-state index is 5.85. The van der Waals surface area contributed by atoms with Crippen LogP contribution in [0.1, 0.15) is 29.7 Å². The Labute approximate surface area is 168 Å². The van der Waals surface area contributed by atoms with Gasteiger partial charge in [0.1, 0.15) is 24.3 Å². The van der Waals surface area contributed by atoms with E-state index in [4.69, 9.17) is 9.15 Å². The maximum Gasteiger partial charge on any atom is 0.236 e. The van der Waals surface area contributed by atoms with Crippen LogP contribution in [-0.2, 0) is 19.6 Å². The van der Waals surface area contributed by atoms with Crippen molar-refractivity contribution < 1.29 is 9.15 Å². The molecule has 4 aromatic rings. The molecule has 0 N–H and O–H groups in total. The number of imidazole rings is 1. The molecule has 3 heterocycles. The molecule has 5 nitrogen and oxygen atoms in total. The molecule has 1 aromatic carbocycles. The van der Waals surface area contributed by atoms with Crippen LogP contribution >= 0.6 is 11.3 Å². The minimum absolute atomic E-state index is 0.401. The Kier molecular flexibility index (Phi) is 5.87. The number of aromatic nitrogens is 3. The molecular weight excluding hydrogens is 370 g/mol. The first-order valence-corrected chi connectivity index (χ1v) is 10.3. The molecule has 144 valence electrons. The highest BCUT2D eigenvalue weighted by molar-refractivity contribution is 7.13. The monoisotopic (exact) mass is 393 g/mol. The van der Waals surface area contributed by atoms with E-state index in [-0.39, 0.29) is 0 Å². The number of ether oxygens (including phenoxy) is 1. The SMILES string of the molecule is Cc1ccsc1-c1nc(COc2ccc(CCCCn3ccnc3)cc2)co1. The van der Waals surface area contributed by atoms with E-state index in [2.05, 4.69) is 39.7 Å². The normalized spacial score (nSPS) is 11.0. The molecule has 28 heavy (non-hydrogen) atoms. The zero-order valence-corrected chi connectivity index (χ0v) is 16.7. The topological polar surface area (TPSA) is 53.1 Å². The first-order valence-electron chi connectivity index (χ1n) is 9.44. The van der Waals surface area contributed by atoms with Gasteiger partial charge in [-0.25, -0.2) is 9.97 Å². The number of thiophene rings is 1. The largest absolute Gasteiger partial charge is 0.487 e. The van der Waals surface area contributed by atoms with Crippen molar-refractivity contribution in [1.29, 1.82) is 0 Å². The van der Waals surface area contributed by atoms with E-state index in [1.165, 1.54) is 11.1 Å². The van der Waals surface area contributed by atoms with Gasteiger partial charge in [-0.05, 0) is 60.9 Å². The Morgan fingerprint density at radius 1 is 1.14 bits per heavy atom. The molecule has 0 bridgehead atoms. The molecule has 0 aliphatic heterocycles. The average Bonchev–Trinajstić information content (AvgIpc) is 3.46. The molecule has 0 spiro atoms. The number of aryl methyl sites for hydroxylation is 3. The van der Waals surface area contributed by atoms with Gasteiger partial charge in [-0.3, -0.25) is 0 Å². The molecule has 0 amide bonds. The maximum atomic E-state index is 5.85. The highest BCUT2D eigenvalue weighted by Gasteiger charge is 2.11. The Morgan fingerprint density at radius 3 is 2.79 bits per heavy atom. The Balaban J connectivity index is 1.23. The lowest BCUT2D eigenvalue weighted by Gasteiger charge is -2.06.